The van der Waals surface area contributed by atoms with Crippen LogP contribution in [0, 0.1) is 10.1 Å². The second-order valence-corrected chi connectivity index (χ2v) is 5.00. The number of carbonyl (C=O) groups is 2. The smallest absolute Gasteiger partial charge is 0.323 e. The molecule has 0 radical (unpaired) electrons. The van der Waals surface area contributed by atoms with Crippen molar-refractivity contribution >= 4 is 29.3 Å². The summed E-state index contributed by atoms with van der Waals surface area (Å²) in [6.45, 7) is -0.323. The maximum absolute atomic E-state index is 11.7. The van der Waals surface area contributed by atoms with E-state index in [0.29, 0.717) is 5.56 Å². The van der Waals surface area contributed by atoms with E-state index in [4.69, 9.17) is 5.11 Å². The molecule has 1 aromatic carbocycles. The van der Waals surface area contributed by atoms with Crippen molar-refractivity contribution in [2.75, 3.05) is 12.3 Å². The van der Waals surface area contributed by atoms with Crippen molar-refractivity contribution in [1.82, 2.24) is 4.90 Å². The van der Waals surface area contributed by atoms with Gasteiger partial charge < -0.3 is 10.0 Å². The number of non-ortho nitro benzene ring substituents is 1. The summed E-state index contributed by atoms with van der Waals surface area (Å²) in [5, 5.41) is 19.5. The first-order chi connectivity index (χ1) is 8.97. The van der Waals surface area contributed by atoms with Gasteiger partial charge in [0.15, 0.2) is 0 Å². The van der Waals surface area contributed by atoms with Crippen molar-refractivity contribution in [2.45, 2.75) is 11.4 Å². The normalized spacial score (nSPS) is 14.7. The van der Waals surface area contributed by atoms with Gasteiger partial charge in [-0.3, -0.25) is 19.7 Å². The first-order valence-corrected chi connectivity index (χ1v) is 6.35. The van der Waals surface area contributed by atoms with Crippen molar-refractivity contribution in [3.8, 4) is 0 Å². The number of thioether (sulfide) groups is 1. The Hall–Kier alpha value is -2.09. The number of nitro groups is 1. The fourth-order valence-electron chi connectivity index (χ4n) is 1.78. The molecule has 0 bridgehead atoms. The van der Waals surface area contributed by atoms with Crippen molar-refractivity contribution in [3.05, 3.63) is 33.9 Å². The number of fused-ring (bicyclic) bond motifs is 1. The van der Waals surface area contributed by atoms with Gasteiger partial charge in [-0.25, -0.2) is 0 Å². The molecule has 1 heterocycles. The van der Waals surface area contributed by atoms with E-state index in [0.717, 1.165) is 4.90 Å². The second-order valence-electron chi connectivity index (χ2n) is 3.98. The maximum Gasteiger partial charge on any atom is 0.323 e. The van der Waals surface area contributed by atoms with Crippen LogP contribution in [0.15, 0.2) is 23.1 Å². The van der Waals surface area contributed by atoms with Crippen molar-refractivity contribution < 1.29 is 19.6 Å². The van der Waals surface area contributed by atoms with Gasteiger partial charge in [0.05, 0.1) is 10.7 Å². The fourth-order valence-corrected chi connectivity index (χ4v) is 2.71. The number of carbonyl (C=O) groups excluding carboxylic acids is 1. The molecule has 0 spiro atoms. The lowest BCUT2D eigenvalue weighted by Gasteiger charge is -2.17. The summed E-state index contributed by atoms with van der Waals surface area (Å²) in [6.07, 6.45) is 0. The minimum atomic E-state index is -1.10. The molecule has 0 aromatic heterocycles. The Morgan fingerprint density at radius 1 is 1.53 bits per heavy atom. The lowest BCUT2D eigenvalue weighted by Crippen LogP contribution is -2.35. The predicted octanol–water partition coefficient (Wildman–Crippen LogP) is 1.11. The molecule has 0 atom stereocenters. The Kier molecular flexibility index (Phi) is 3.70. The van der Waals surface area contributed by atoms with E-state index in [-0.39, 0.29) is 23.9 Å². The molecule has 1 aromatic rings. The van der Waals surface area contributed by atoms with Crippen LogP contribution in [0.5, 0.6) is 0 Å². The zero-order valence-corrected chi connectivity index (χ0v) is 10.6. The summed E-state index contributed by atoms with van der Waals surface area (Å²) < 4.78 is 0. The number of hydrogen-bond acceptors (Lipinski definition) is 5. The third-order valence-corrected chi connectivity index (χ3v) is 3.75. The first kappa shape index (κ1) is 13.3. The molecule has 2 rings (SSSR count). The van der Waals surface area contributed by atoms with Gasteiger partial charge in [-0.15, -0.1) is 11.8 Å². The van der Waals surface area contributed by atoms with Crippen LogP contribution in [0.4, 0.5) is 5.69 Å². The number of rotatable bonds is 3. The summed E-state index contributed by atoms with van der Waals surface area (Å²) in [5.41, 5.74) is 0.537. The Bertz CT molecular complexity index is 560. The average molecular weight is 282 g/mol. The third kappa shape index (κ3) is 3.02. The van der Waals surface area contributed by atoms with Gasteiger partial charge in [0.25, 0.3) is 5.69 Å². The van der Waals surface area contributed by atoms with Crippen LogP contribution in [0.2, 0.25) is 0 Å². The summed E-state index contributed by atoms with van der Waals surface area (Å²) in [5.74, 6) is -1.25. The average Bonchev–Trinajstić information content (AvgIpc) is 2.48. The minimum absolute atomic E-state index is 0.0658. The SMILES string of the molecule is O=C(O)CN1Cc2cc([N+](=O)[O-])ccc2SCC1=O. The van der Waals surface area contributed by atoms with E-state index in [1.807, 2.05) is 0 Å². The van der Waals surface area contributed by atoms with E-state index in [1.165, 1.54) is 28.8 Å². The molecule has 0 saturated heterocycles. The van der Waals surface area contributed by atoms with Gasteiger partial charge >= 0.3 is 5.97 Å². The monoisotopic (exact) mass is 282 g/mol. The highest BCUT2D eigenvalue weighted by Gasteiger charge is 2.24. The van der Waals surface area contributed by atoms with Crippen LogP contribution in [0.25, 0.3) is 0 Å². The van der Waals surface area contributed by atoms with Crippen LogP contribution < -0.4 is 0 Å². The van der Waals surface area contributed by atoms with Gasteiger partial charge in [-0.05, 0) is 11.6 Å². The molecule has 0 fully saturated rings. The van der Waals surface area contributed by atoms with Gasteiger partial charge in [0, 0.05) is 23.6 Å². The largest absolute Gasteiger partial charge is 0.480 e. The number of aliphatic carboxylic acids is 1. The first-order valence-electron chi connectivity index (χ1n) is 5.37. The number of hydrogen-bond donors (Lipinski definition) is 1. The number of carboxylic acid groups (broad SMARTS) is 1. The van der Waals surface area contributed by atoms with Gasteiger partial charge in [0.1, 0.15) is 6.54 Å². The molecule has 0 aliphatic carbocycles. The Labute approximate surface area is 112 Å². The lowest BCUT2D eigenvalue weighted by molar-refractivity contribution is -0.385. The van der Waals surface area contributed by atoms with Gasteiger partial charge in [-0.1, -0.05) is 0 Å². The van der Waals surface area contributed by atoms with Crippen molar-refractivity contribution in [1.29, 1.82) is 0 Å². The number of nitrogens with zero attached hydrogens (tertiary/aromatic N) is 2. The zero-order chi connectivity index (χ0) is 14.0. The minimum Gasteiger partial charge on any atom is -0.480 e. The molecule has 1 aliphatic heterocycles. The Balaban J connectivity index is 2.32. The highest BCUT2D eigenvalue weighted by Crippen LogP contribution is 2.30. The van der Waals surface area contributed by atoms with Crippen molar-refractivity contribution in [3.63, 3.8) is 0 Å². The molecule has 0 unspecified atom stereocenters. The summed E-state index contributed by atoms with van der Waals surface area (Å²) in [6, 6.07) is 4.36. The Morgan fingerprint density at radius 2 is 2.26 bits per heavy atom. The fraction of sp³-hybridized carbons (Fsp3) is 0.273. The number of benzene rings is 1. The van der Waals surface area contributed by atoms with Crippen LogP contribution in [0.3, 0.4) is 0 Å². The van der Waals surface area contributed by atoms with E-state index < -0.39 is 17.4 Å². The highest BCUT2D eigenvalue weighted by atomic mass is 32.2. The number of amides is 1. The molecule has 7 nitrogen and oxygen atoms in total. The standard InChI is InChI=1S/C11H10N2O5S/c14-10-6-19-9-2-1-8(13(17)18)3-7(9)4-12(10)5-11(15)16/h1-3H,4-6H2,(H,15,16). The van der Waals surface area contributed by atoms with Gasteiger partial charge in [-0.2, -0.15) is 0 Å². The molecule has 8 heteroatoms. The van der Waals surface area contributed by atoms with Crippen molar-refractivity contribution in [2.24, 2.45) is 0 Å². The van der Waals surface area contributed by atoms with E-state index in [1.54, 1.807) is 6.07 Å². The van der Waals surface area contributed by atoms with E-state index in [9.17, 15) is 19.7 Å². The molecule has 100 valence electrons. The van der Waals surface area contributed by atoms with Crippen LogP contribution in [-0.2, 0) is 16.1 Å². The molecule has 1 aliphatic rings. The summed E-state index contributed by atoms with van der Waals surface area (Å²) >= 11 is 1.26. The maximum atomic E-state index is 11.7. The second kappa shape index (κ2) is 5.27. The quantitative estimate of drug-likeness (QED) is 0.658. The predicted molar refractivity (Wildman–Crippen MR) is 66.9 cm³/mol. The van der Waals surface area contributed by atoms with Crippen LogP contribution in [0.1, 0.15) is 5.56 Å². The summed E-state index contributed by atoms with van der Waals surface area (Å²) in [4.78, 5) is 34.6. The molecular weight excluding hydrogens is 272 g/mol. The molecule has 1 amide bonds. The highest BCUT2D eigenvalue weighted by molar-refractivity contribution is 8.00. The molecular formula is C11H10N2O5S. The molecule has 19 heavy (non-hydrogen) atoms. The van der Waals surface area contributed by atoms with E-state index in [2.05, 4.69) is 0 Å². The molecule has 1 N–H and O–H groups in total. The van der Waals surface area contributed by atoms with Crippen LogP contribution >= 0.6 is 11.8 Å². The number of carboxylic acids is 1. The van der Waals surface area contributed by atoms with Gasteiger partial charge in [0.2, 0.25) is 5.91 Å². The topological polar surface area (TPSA) is 101 Å². The summed E-state index contributed by atoms with van der Waals surface area (Å²) in [7, 11) is 0. The zero-order valence-electron chi connectivity index (χ0n) is 9.74. The molecule has 0 saturated carbocycles. The Morgan fingerprint density at radius 3 is 2.89 bits per heavy atom. The van der Waals surface area contributed by atoms with E-state index >= 15 is 0 Å². The van der Waals surface area contributed by atoms with Crippen LogP contribution in [-0.4, -0.2) is 39.1 Å². The number of nitro benzene ring substituents is 1. The third-order valence-electron chi connectivity index (χ3n) is 2.65. The lowest BCUT2D eigenvalue weighted by atomic mass is 10.2.